The number of para-hydroxylation sites is 1. The molecule has 59 heavy (non-hydrogen) atoms. The fourth-order valence-corrected chi connectivity index (χ4v) is 21.5. The van der Waals surface area contributed by atoms with Crippen molar-refractivity contribution in [2.45, 2.75) is 19.3 Å². The third-order valence-corrected chi connectivity index (χ3v) is 23.3. The van der Waals surface area contributed by atoms with Gasteiger partial charge in [-0.15, -0.1) is 0 Å². The molecule has 4 heteroatoms. The summed E-state index contributed by atoms with van der Waals surface area (Å²) in [5.74, 6) is 0.738. The molecular formula is C55H39GeN3. The van der Waals surface area contributed by atoms with Gasteiger partial charge in [-0.2, -0.15) is 0 Å². The molecule has 0 N–H and O–H groups in total. The first-order valence-electron chi connectivity index (χ1n) is 20.5. The monoisotopic (exact) mass is 815 g/mol. The molecule has 0 spiro atoms. The van der Waals surface area contributed by atoms with Gasteiger partial charge >= 0.3 is 287 Å². The van der Waals surface area contributed by atoms with E-state index in [-0.39, 0.29) is 5.41 Å². The fraction of sp³-hybridized carbons (Fsp3) is 0.0545. The zero-order valence-corrected chi connectivity index (χ0v) is 35.0. The van der Waals surface area contributed by atoms with Crippen LogP contribution in [-0.2, 0) is 5.41 Å². The van der Waals surface area contributed by atoms with Gasteiger partial charge in [-0.05, 0) is 5.56 Å². The summed E-state index contributed by atoms with van der Waals surface area (Å²) in [5.41, 5.74) is 14.3. The summed E-state index contributed by atoms with van der Waals surface area (Å²) in [7, 11) is 0. The number of hydrogen-bond donors (Lipinski definition) is 0. The summed E-state index contributed by atoms with van der Waals surface area (Å²) in [6, 6.07) is 73.6. The normalized spacial score (nSPS) is 14.2. The Labute approximate surface area is 346 Å². The van der Waals surface area contributed by atoms with Crippen LogP contribution in [0, 0.1) is 0 Å². The van der Waals surface area contributed by atoms with E-state index >= 15 is 0 Å². The van der Waals surface area contributed by atoms with Gasteiger partial charge in [-0.1, -0.05) is 50.2 Å². The Morgan fingerprint density at radius 2 is 1.05 bits per heavy atom. The van der Waals surface area contributed by atoms with Gasteiger partial charge in [0.05, 0.1) is 0 Å². The van der Waals surface area contributed by atoms with Crippen molar-refractivity contribution in [1.29, 1.82) is 0 Å². The van der Waals surface area contributed by atoms with Crippen molar-refractivity contribution in [3.8, 4) is 50.7 Å². The zero-order chi connectivity index (χ0) is 39.3. The zero-order valence-electron chi connectivity index (χ0n) is 32.9. The van der Waals surface area contributed by atoms with Crippen molar-refractivity contribution >= 4 is 52.7 Å². The molecule has 8 aromatic carbocycles. The Morgan fingerprint density at radius 1 is 0.458 bits per heavy atom. The van der Waals surface area contributed by atoms with Gasteiger partial charge < -0.3 is 0 Å². The Hall–Kier alpha value is -6.82. The molecule has 10 aromatic rings. The number of fused-ring (bicyclic) bond motifs is 10. The topological polar surface area (TPSA) is 30.7 Å². The molecule has 3 heterocycles. The Balaban J connectivity index is 1.10. The maximum atomic E-state index is 5.62. The van der Waals surface area contributed by atoms with Crippen LogP contribution in [-0.4, -0.2) is 27.8 Å². The van der Waals surface area contributed by atoms with Crippen LogP contribution in [0.25, 0.3) is 72.5 Å². The van der Waals surface area contributed by atoms with E-state index in [0.717, 1.165) is 34.0 Å². The third kappa shape index (κ3) is 4.77. The number of aromatic nitrogens is 3. The molecule has 2 aromatic heterocycles. The minimum absolute atomic E-state index is 0.0896. The van der Waals surface area contributed by atoms with Crippen molar-refractivity contribution in [2.75, 3.05) is 0 Å². The molecule has 0 amide bonds. The van der Waals surface area contributed by atoms with Crippen LogP contribution in [0.4, 0.5) is 0 Å². The van der Waals surface area contributed by atoms with E-state index < -0.39 is 13.3 Å². The first-order chi connectivity index (χ1) is 29.0. The van der Waals surface area contributed by atoms with E-state index in [0.29, 0.717) is 0 Å². The van der Waals surface area contributed by atoms with Gasteiger partial charge in [-0.3, -0.25) is 0 Å². The van der Waals surface area contributed by atoms with Crippen LogP contribution in [0.3, 0.4) is 0 Å². The van der Waals surface area contributed by atoms with Crippen LogP contribution >= 0.6 is 0 Å². The van der Waals surface area contributed by atoms with Gasteiger partial charge in [0.2, 0.25) is 0 Å². The van der Waals surface area contributed by atoms with E-state index in [1.165, 1.54) is 67.2 Å². The molecule has 2 aliphatic rings. The Morgan fingerprint density at radius 3 is 1.78 bits per heavy atom. The summed E-state index contributed by atoms with van der Waals surface area (Å²) >= 11 is -3.63. The van der Waals surface area contributed by atoms with Crippen LogP contribution in [0.1, 0.15) is 25.0 Å². The van der Waals surface area contributed by atoms with Gasteiger partial charge in [0, 0.05) is 5.41 Å². The van der Waals surface area contributed by atoms with Crippen molar-refractivity contribution in [3.63, 3.8) is 0 Å². The summed E-state index contributed by atoms with van der Waals surface area (Å²) in [6.45, 7) is 4.72. The molecule has 0 saturated carbocycles. The molecule has 0 radical (unpaired) electrons. The summed E-state index contributed by atoms with van der Waals surface area (Å²) < 4.78 is 7.94. The van der Waals surface area contributed by atoms with Crippen LogP contribution in [0.15, 0.2) is 200 Å². The van der Waals surface area contributed by atoms with Crippen LogP contribution in [0.5, 0.6) is 0 Å². The van der Waals surface area contributed by atoms with Crippen molar-refractivity contribution < 1.29 is 0 Å². The predicted molar refractivity (Wildman–Crippen MR) is 247 cm³/mol. The molecule has 0 atom stereocenters. The average molecular weight is 815 g/mol. The van der Waals surface area contributed by atoms with Crippen LogP contribution < -0.4 is 17.6 Å². The second-order valence-corrected chi connectivity index (χ2v) is 24.2. The third-order valence-electron chi connectivity index (χ3n) is 13.1. The van der Waals surface area contributed by atoms with Crippen molar-refractivity contribution in [1.82, 2.24) is 14.5 Å². The molecule has 12 rings (SSSR count). The summed E-state index contributed by atoms with van der Waals surface area (Å²) in [6.07, 6.45) is 0. The molecule has 1 aliphatic heterocycles. The number of hydrogen-bond acceptors (Lipinski definition) is 2. The van der Waals surface area contributed by atoms with Gasteiger partial charge in [0.15, 0.2) is 0 Å². The molecule has 3 nitrogen and oxygen atoms in total. The van der Waals surface area contributed by atoms with Gasteiger partial charge in [0.25, 0.3) is 0 Å². The van der Waals surface area contributed by atoms with Gasteiger partial charge in [0.1, 0.15) is 0 Å². The van der Waals surface area contributed by atoms with Crippen molar-refractivity contribution in [2.24, 2.45) is 0 Å². The summed E-state index contributed by atoms with van der Waals surface area (Å²) in [4.78, 5) is 11.2. The minimum atomic E-state index is -3.63. The first-order valence-corrected chi connectivity index (χ1v) is 24.7. The van der Waals surface area contributed by atoms with Crippen molar-refractivity contribution in [3.05, 3.63) is 211 Å². The Kier molecular flexibility index (Phi) is 7.45. The summed E-state index contributed by atoms with van der Waals surface area (Å²) in [5, 5.41) is 2.53. The SMILES string of the molecule is CC1(C)c2ccccc2-c2c1ccc1c3ccccc3n(-c3ccc(-c4nc(-c5ccccc5)[c]5c(n4)-c4cccc[c]4[Ge]5([c]4ccccc4)[c]4ccccc4)cc3)c21. The maximum absolute atomic E-state index is 5.62. The molecule has 0 unspecified atom stereocenters. The number of nitrogens with zero attached hydrogens (tertiary/aromatic N) is 3. The molecule has 0 saturated heterocycles. The quantitative estimate of drug-likeness (QED) is 0.162. The molecular weight excluding hydrogens is 775 g/mol. The predicted octanol–water partition coefficient (Wildman–Crippen LogP) is 10.6. The molecule has 278 valence electrons. The van der Waals surface area contributed by atoms with Crippen LogP contribution in [0.2, 0.25) is 0 Å². The first kappa shape index (κ1) is 34.2. The average Bonchev–Trinajstić information content (AvgIpc) is 3.89. The number of benzene rings is 8. The van der Waals surface area contributed by atoms with E-state index in [2.05, 4.69) is 219 Å². The van der Waals surface area contributed by atoms with E-state index in [1.54, 1.807) is 0 Å². The van der Waals surface area contributed by atoms with E-state index in [4.69, 9.17) is 9.97 Å². The molecule has 1 aliphatic carbocycles. The van der Waals surface area contributed by atoms with E-state index in [1.807, 2.05) is 0 Å². The van der Waals surface area contributed by atoms with E-state index in [9.17, 15) is 0 Å². The van der Waals surface area contributed by atoms with Gasteiger partial charge in [-0.25, -0.2) is 0 Å². The second kappa shape index (κ2) is 12.8. The second-order valence-electron chi connectivity index (χ2n) is 16.5. The Bertz CT molecular complexity index is 3240. The molecule has 0 fully saturated rings. The standard InChI is InChI=1S/C55H39GeN3/c1-55(2)45-27-15-12-25-43(45)49-46(55)35-34-42-41-24-14-17-29-48(41)59(53(42)49)40-32-30-37(31-33-40)54-57-51(36-18-6-3-7-19-36)50-52(58-54)44-26-13-16-28-47(44)56(50,38-20-8-4-9-21-38)39-22-10-5-11-23-39/h3-35H,1-2H3. The fourth-order valence-electron chi connectivity index (χ4n) is 10.5. The molecule has 0 bridgehead atoms. The number of rotatable bonds is 5.